The third-order valence-corrected chi connectivity index (χ3v) is 6.30. The maximum absolute atomic E-state index is 15.0. The highest BCUT2D eigenvalue weighted by Gasteiger charge is 2.28. The molecular formula is C22H30BrClFN5O3. The van der Waals surface area contributed by atoms with Gasteiger partial charge in [0.25, 0.3) is 0 Å². The van der Waals surface area contributed by atoms with Gasteiger partial charge in [-0.25, -0.2) is 9.18 Å². The Morgan fingerprint density at radius 3 is 2.52 bits per heavy atom. The molecular weight excluding hydrogens is 517 g/mol. The topological polar surface area (TPSA) is 71.0 Å². The van der Waals surface area contributed by atoms with E-state index in [9.17, 15) is 4.79 Å². The van der Waals surface area contributed by atoms with Crippen LogP contribution in [0.4, 0.5) is 15.0 Å². The van der Waals surface area contributed by atoms with Crippen molar-refractivity contribution in [3.8, 4) is 6.01 Å². The van der Waals surface area contributed by atoms with Crippen molar-refractivity contribution in [1.29, 1.82) is 0 Å². The van der Waals surface area contributed by atoms with E-state index in [-0.39, 0.29) is 27.1 Å². The van der Waals surface area contributed by atoms with Crippen LogP contribution >= 0.6 is 27.5 Å². The standard InChI is InChI=1S/C22H30BrClFN5O3/c1-22(2,3)33-21(31)30-10-8-29(9-11-30)19-14-13-15(24)16(23)17(25)18(14)26-20(27-19)32-12-6-7-28(4)5/h13H,6-12H2,1-5H3. The summed E-state index contributed by atoms with van der Waals surface area (Å²) in [6, 6.07) is 1.76. The third-order valence-electron chi connectivity index (χ3n) is 5.00. The first-order valence-corrected chi connectivity index (χ1v) is 12.0. The zero-order valence-electron chi connectivity index (χ0n) is 19.6. The first-order valence-electron chi connectivity index (χ1n) is 10.8. The number of carbonyl (C=O) groups excluding carboxylic acids is 1. The van der Waals surface area contributed by atoms with Crippen LogP contribution in [-0.4, -0.2) is 84.9 Å². The Balaban J connectivity index is 1.85. The number of hydrogen-bond acceptors (Lipinski definition) is 7. The average molecular weight is 547 g/mol. The van der Waals surface area contributed by atoms with E-state index in [1.807, 2.05) is 39.8 Å². The van der Waals surface area contributed by atoms with Crippen LogP contribution in [0, 0.1) is 5.82 Å². The molecule has 1 aromatic heterocycles. The molecule has 1 fully saturated rings. The lowest BCUT2D eigenvalue weighted by Crippen LogP contribution is -2.50. The van der Waals surface area contributed by atoms with Gasteiger partial charge in [-0.3, -0.25) is 0 Å². The Bertz CT molecular complexity index is 1010. The largest absolute Gasteiger partial charge is 0.463 e. The molecule has 0 bridgehead atoms. The van der Waals surface area contributed by atoms with Gasteiger partial charge in [0.05, 0.1) is 16.1 Å². The van der Waals surface area contributed by atoms with Gasteiger partial charge < -0.3 is 24.2 Å². The molecule has 33 heavy (non-hydrogen) atoms. The maximum Gasteiger partial charge on any atom is 0.410 e. The quantitative estimate of drug-likeness (QED) is 0.388. The van der Waals surface area contributed by atoms with E-state index in [2.05, 4.69) is 30.8 Å². The number of aromatic nitrogens is 2. The van der Waals surface area contributed by atoms with Gasteiger partial charge in [-0.2, -0.15) is 9.97 Å². The molecule has 2 heterocycles. The molecule has 1 amide bonds. The van der Waals surface area contributed by atoms with Crippen molar-refractivity contribution < 1.29 is 18.7 Å². The number of piperazine rings is 1. The fourth-order valence-corrected chi connectivity index (χ4v) is 3.91. The van der Waals surface area contributed by atoms with E-state index in [0.717, 1.165) is 13.0 Å². The van der Waals surface area contributed by atoms with Crippen LogP contribution in [0.3, 0.4) is 0 Å². The second kappa shape index (κ2) is 10.6. The van der Waals surface area contributed by atoms with E-state index in [1.165, 1.54) is 0 Å². The highest BCUT2D eigenvalue weighted by Crippen LogP contribution is 2.36. The van der Waals surface area contributed by atoms with E-state index >= 15 is 4.39 Å². The van der Waals surface area contributed by atoms with Crippen LogP contribution in [0.25, 0.3) is 10.9 Å². The van der Waals surface area contributed by atoms with Gasteiger partial charge in [0.1, 0.15) is 16.9 Å². The SMILES string of the molecule is CN(C)CCCOc1nc(N2CCN(C(=O)OC(C)(C)C)CC2)c2cc(Cl)c(Br)c(F)c2n1. The highest BCUT2D eigenvalue weighted by molar-refractivity contribution is 9.10. The first kappa shape index (κ1) is 25.7. The molecule has 1 aliphatic heterocycles. The van der Waals surface area contributed by atoms with Crippen molar-refractivity contribution in [3.63, 3.8) is 0 Å². The Morgan fingerprint density at radius 2 is 1.91 bits per heavy atom. The van der Waals surface area contributed by atoms with Gasteiger partial charge in [0, 0.05) is 38.1 Å². The Hall–Kier alpha value is -1.91. The molecule has 0 spiro atoms. The molecule has 1 aliphatic rings. The summed E-state index contributed by atoms with van der Waals surface area (Å²) in [6.45, 7) is 8.67. The summed E-state index contributed by atoms with van der Waals surface area (Å²) in [5.41, 5.74) is -0.425. The lowest BCUT2D eigenvalue weighted by Gasteiger charge is -2.36. The zero-order valence-corrected chi connectivity index (χ0v) is 22.0. The van der Waals surface area contributed by atoms with Gasteiger partial charge in [0.15, 0.2) is 5.82 Å². The lowest BCUT2D eigenvalue weighted by molar-refractivity contribution is 0.0240. The summed E-state index contributed by atoms with van der Waals surface area (Å²) < 4.78 is 26.4. The number of ether oxygens (including phenoxy) is 2. The lowest BCUT2D eigenvalue weighted by atomic mass is 10.2. The van der Waals surface area contributed by atoms with Crippen LogP contribution in [-0.2, 0) is 4.74 Å². The normalized spacial score (nSPS) is 14.8. The summed E-state index contributed by atoms with van der Waals surface area (Å²) in [5, 5.41) is 0.726. The van der Waals surface area contributed by atoms with Gasteiger partial charge in [0.2, 0.25) is 0 Å². The maximum atomic E-state index is 15.0. The van der Waals surface area contributed by atoms with Crippen LogP contribution in [0.5, 0.6) is 6.01 Å². The number of carbonyl (C=O) groups is 1. The first-order chi connectivity index (χ1) is 15.5. The number of nitrogens with zero attached hydrogens (tertiary/aromatic N) is 5. The van der Waals surface area contributed by atoms with Crippen LogP contribution in [0.2, 0.25) is 5.02 Å². The summed E-state index contributed by atoms with van der Waals surface area (Å²) in [4.78, 5) is 27.0. The predicted molar refractivity (Wildman–Crippen MR) is 131 cm³/mol. The van der Waals surface area contributed by atoms with Crippen LogP contribution < -0.4 is 9.64 Å². The minimum Gasteiger partial charge on any atom is -0.463 e. The number of halogens is 3. The second-order valence-electron chi connectivity index (χ2n) is 9.17. The number of rotatable bonds is 6. The van der Waals surface area contributed by atoms with Crippen LogP contribution in [0.1, 0.15) is 27.2 Å². The number of amides is 1. The summed E-state index contributed by atoms with van der Waals surface area (Å²) in [6.07, 6.45) is 0.433. The monoisotopic (exact) mass is 545 g/mol. The molecule has 0 radical (unpaired) electrons. The van der Waals surface area contributed by atoms with Crippen molar-refractivity contribution in [3.05, 3.63) is 21.4 Å². The summed E-state index contributed by atoms with van der Waals surface area (Å²) in [5.74, 6) is -0.0357. The molecule has 1 aromatic carbocycles. The molecule has 0 unspecified atom stereocenters. The number of anilines is 1. The second-order valence-corrected chi connectivity index (χ2v) is 10.4. The molecule has 0 N–H and O–H groups in total. The minimum atomic E-state index is -0.563. The smallest absolute Gasteiger partial charge is 0.410 e. The van der Waals surface area contributed by atoms with Crippen LogP contribution in [0.15, 0.2) is 10.5 Å². The molecule has 0 atom stereocenters. The third kappa shape index (κ3) is 6.58. The van der Waals surface area contributed by atoms with Gasteiger partial charge in [-0.1, -0.05) is 11.6 Å². The molecule has 2 aromatic rings. The Morgan fingerprint density at radius 1 is 1.24 bits per heavy atom. The van der Waals surface area contributed by atoms with Crippen molar-refractivity contribution in [1.82, 2.24) is 19.8 Å². The number of hydrogen-bond donors (Lipinski definition) is 0. The van der Waals surface area contributed by atoms with Crippen molar-refractivity contribution >= 4 is 50.3 Å². The minimum absolute atomic E-state index is 0.110. The molecule has 3 rings (SSSR count). The summed E-state index contributed by atoms with van der Waals surface area (Å²) >= 11 is 9.42. The zero-order chi connectivity index (χ0) is 24.3. The van der Waals surface area contributed by atoms with E-state index < -0.39 is 11.4 Å². The van der Waals surface area contributed by atoms with Crippen molar-refractivity contribution in [2.24, 2.45) is 0 Å². The predicted octanol–water partition coefficient (Wildman–Crippen LogP) is 4.57. The van der Waals surface area contributed by atoms with E-state index in [4.69, 9.17) is 21.1 Å². The fourth-order valence-electron chi connectivity index (χ4n) is 3.41. The number of fused-ring (bicyclic) bond motifs is 1. The van der Waals surface area contributed by atoms with Crippen molar-refractivity contribution in [2.45, 2.75) is 32.8 Å². The van der Waals surface area contributed by atoms with Gasteiger partial charge in [-0.15, -0.1) is 0 Å². The van der Waals surface area contributed by atoms with Crippen molar-refractivity contribution in [2.75, 3.05) is 58.3 Å². The molecule has 1 saturated heterocycles. The Labute approximate surface area is 207 Å². The van der Waals surface area contributed by atoms with E-state index in [1.54, 1.807) is 11.0 Å². The fraction of sp³-hybridized carbons (Fsp3) is 0.591. The average Bonchev–Trinajstić information content (AvgIpc) is 2.74. The molecule has 8 nitrogen and oxygen atoms in total. The highest BCUT2D eigenvalue weighted by atomic mass is 79.9. The van der Waals surface area contributed by atoms with E-state index in [0.29, 0.717) is 44.0 Å². The molecule has 0 aliphatic carbocycles. The number of benzene rings is 1. The molecule has 182 valence electrons. The molecule has 11 heteroatoms. The van der Waals surface area contributed by atoms with Gasteiger partial charge >= 0.3 is 12.1 Å². The Kier molecular flexibility index (Phi) is 8.23. The van der Waals surface area contributed by atoms with Gasteiger partial charge in [-0.05, 0) is 63.3 Å². The summed E-state index contributed by atoms with van der Waals surface area (Å²) in [7, 11) is 3.97. The molecule has 0 saturated carbocycles.